The number of aryl methyl sites for hydroxylation is 2. The molecule has 2 heterocycles. The lowest BCUT2D eigenvalue weighted by Crippen LogP contribution is -2.46. The largest absolute Gasteiger partial charge is 0.351 e. The van der Waals surface area contributed by atoms with E-state index in [0.717, 1.165) is 33.6 Å². The number of nitrogens with one attached hydrogen (secondary N) is 1. The van der Waals surface area contributed by atoms with Crippen molar-refractivity contribution in [2.45, 2.75) is 26.8 Å². The van der Waals surface area contributed by atoms with Crippen molar-refractivity contribution in [2.24, 2.45) is 0 Å². The Morgan fingerprint density at radius 2 is 1.71 bits per heavy atom. The average molecular weight is 471 g/mol. The number of hydrogen-bond donors (Lipinski definition) is 1. The molecule has 0 saturated heterocycles. The number of thiocarbonyl (C=S) groups is 1. The molecule has 1 aliphatic heterocycles. The fraction of sp³-hybridized carbons (Fsp3) is 0.148. The maximum absolute atomic E-state index is 14.0. The van der Waals surface area contributed by atoms with Crippen LogP contribution in [0.15, 0.2) is 83.0 Å². The Balaban J connectivity index is 1.66. The molecular formula is C27H23FN4OS. The summed E-state index contributed by atoms with van der Waals surface area (Å²) in [6, 6.07) is 22.6. The van der Waals surface area contributed by atoms with Crippen molar-refractivity contribution in [1.82, 2.24) is 15.5 Å². The molecule has 1 N–H and O–H groups in total. The zero-order valence-electron chi connectivity index (χ0n) is 19.0. The Labute approximate surface area is 202 Å². The van der Waals surface area contributed by atoms with E-state index in [-0.39, 0.29) is 11.9 Å². The van der Waals surface area contributed by atoms with Gasteiger partial charge >= 0.3 is 0 Å². The molecule has 4 aromatic rings. The molecule has 3 aromatic carbocycles. The summed E-state index contributed by atoms with van der Waals surface area (Å²) in [7, 11) is 0. The van der Waals surface area contributed by atoms with Crippen LogP contribution in [0, 0.1) is 19.7 Å². The molecule has 0 radical (unpaired) electrons. The van der Waals surface area contributed by atoms with E-state index in [1.165, 1.54) is 6.07 Å². The highest BCUT2D eigenvalue weighted by atomic mass is 32.1. The maximum atomic E-state index is 14.0. The summed E-state index contributed by atoms with van der Waals surface area (Å²) in [5.74, 6) is 0.653. The number of rotatable bonds is 4. The Kier molecular flexibility index (Phi) is 5.71. The normalized spacial score (nSPS) is 16.1. The Morgan fingerprint density at radius 1 is 0.971 bits per heavy atom. The van der Waals surface area contributed by atoms with Crippen LogP contribution < -0.4 is 10.2 Å². The Hall–Kier alpha value is -3.84. The van der Waals surface area contributed by atoms with Gasteiger partial charge in [-0.2, -0.15) is 4.98 Å². The summed E-state index contributed by atoms with van der Waals surface area (Å²) in [5, 5.41) is 8.19. The standard InChI is InChI=1S/C27H23FN4OS/c1-16-9-11-19(12-10-16)24-23(26-30-25(31-33-26)20-7-5-4-6-8-20)18(3)32(27(34)29-24)21-13-14-22(28)17(2)15-21/h4-15,24H,1-3H3,(H,29,34). The third-order valence-electron chi connectivity index (χ3n) is 5.98. The lowest BCUT2D eigenvalue weighted by atomic mass is 9.94. The summed E-state index contributed by atoms with van der Waals surface area (Å²) in [6.07, 6.45) is 0. The van der Waals surface area contributed by atoms with Crippen LogP contribution >= 0.6 is 12.2 Å². The smallest absolute Gasteiger partial charge is 0.258 e. The quantitative estimate of drug-likeness (QED) is 0.350. The number of hydrogen-bond acceptors (Lipinski definition) is 4. The van der Waals surface area contributed by atoms with Gasteiger partial charge in [0.1, 0.15) is 5.82 Å². The molecule has 0 bridgehead atoms. The predicted octanol–water partition coefficient (Wildman–Crippen LogP) is 6.36. The van der Waals surface area contributed by atoms with E-state index in [0.29, 0.717) is 22.4 Å². The number of anilines is 1. The molecule has 34 heavy (non-hydrogen) atoms. The third-order valence-corrected chi connectivity index (χ3v) is 6.28. The lowest BCUT2D eigenvalue weighted by molar-refractivity contribution is 0.404. The van der Waals surface area contributed by atoms with E-state index in [1.54, 1.807) is 19.1 Å². The average Bonchev–Trinajstić information content (AvgIpc) is 3.32. The van der Waals surface area contributed by atoms with E-state index in [9.17, 15) is 4.39 Å². The summed E-state index contributed by atoms with van der Waals surface area (Å²) in [4.78, 5) is 6.61. The van der Waals surface area contributed by atoms with Gasteiger partial charge in [-0.1, -0.05) is 65.3 Å². The van der Waals surface area contributed by atoms with Gasteiger partial charge in [0.2, 0.25) is 5.82 Å². The molecule has 1 atom stereocenters. The first-order chi connectivity index (χ1) is 16.4. The zero-order chi connectivity index (χ0) is 23.8. The Morgan fingerprint density at radius 3 is 2.41 bits per heavy atom. The maximum Gasteiger partial charge on any atom is 0.258 e. The van der Waals surface area contributed by atoms with E-state index < -0.39 is 0 Å². The molecular weight excluding hydrogens is 447 g/mol. The van der Waals surface area contributed by atoms with Gasteiger partial charge < -0.3 is 9.84 Å². The van der Waals surface area contributed by atoms with Crippen molar-refractivity contribution in [2.75, 3.05) is 4.90 Å². The number of aromatic nitrogens is 2. The number of allylic oxidation sites excluding steroid dienone is 1. The van der Waals surface area contributed by atoms with Crippen LogP contribution in [0.3, 0.4) is 0 Å². The van der Waals surface area contributed by atoms with Crippen LogP contribution in [0.5, 0.6) is 0 Å². The van der Waals surface area contributed by atoms with Gasteiger partial charge in [-0.05, 0) is 62.3 Å². The first kappa shape index (κ1) is 22.0. The van der Waals surface area contributed by atoms with Crippen molar-refractivity contribution in [3.63, 3.8) is 0 Å². The van der Waals surface area contributed by atoms with Crippen LogP contribution in [0.4, 0.5) is 10.1 Å². The molecule has 1 unspecified atom stereocenters. The van der Waals surface area contributed by atoms with Gasteiger partial charge in [-0.25, -0.2) is 4.39 Å². The number of benzene rings is 3. The van der Waals surface area contributed by atoms with Crippen molar-refractivity contribution in [3.8, 4) is 11.4 Å². The minimum Gasteiger partial charge on any atom is -0.351 e. The van der Waals surface area contributed by atoms with E-state index >= 15 is 0 Å². The fourth-order valence-electron chi connectivity index (χ4n) is 4.15. The summed E-state index contributed by atoms with van der Waals surface area (Å²) < 4.78 is 19.7. The minimum absolute atomic E-state index is 0.261. The zero-order valence-corrected chi connectivity index (χ0v) is 19.9. The Bertz CT molecular complexity index is 1400. The SMILES string of the molecule is CC1=C(c2nc(-c3ccccc3)no2)C(c2ccc(C)cc2)NC(=S)N1c1ccc(F)c(C)c1. The first-order valence-corrected chi connectivity index (χ1v) is 11.4. The van der Waals surface area contributed by atoms with Gasteiger partial charge in [-0.3, -0.25) is 4.90 Å². The second-order valence-electron chi connectivity index (χ2n) is 8.35. The van der Waals surface area contributed by atoms with E-state index in [2.05, 4.69) is 34.7 Å². The van der Waals surface area contributed by atoms with Crippen LogP contribution in [0.1, 0.15) is 35.5 Å². The second-order valence-corrected chi connectivity index (χ2v) is 8.74. The molecule has 0 aliphatic carbocycles. The van der Waals surface area contributed by atoms with Crippen molar-refractivity contribution < 1.29 is 8.91 Å². The van der Waals surface area contributed by atoms with Crippen molar-refractivity contribution in [1.29, 1.82) is 0 Å². The van der Waals surface area contributed by atoms with Crippen LogP contribution in [-0.4, -0.2) is 15.3 Å². The highest BCUT2D eigenvalue weighted by Gasteiger charge is 2.34. The molecule has 0 amide bonds. The molecule has 1 aromatic heterocycles. The molecule has 0 spiro atoms. The molecule has 170 valence electrons. The van der Waals surface area contributed by atoms with Crippen molar-refractivity contribution in [3.05, 3.63) is 107 Å². The number of nitrogens with zero attached hydrogens (tertiary/aromatic N) is 3. The van der Waals surface area contributed by atoms with Crippen LogP contribution in [0.25, 0.3) is 17.0 Å². The molecule has 7 heteroatoms. The van der Waals surface area contributed by atoms with Crippen molar-refractivity contribution >= 4 is 28.6 Å². The molecule has 0 saturated carbocycles. The monoisotopic (exact) mass is 470 g/mol. The first-order valence-electron chi connectivity index (χ1n) is 11.0. The van der Waals surface area contributed by atoms with Gasteiger partial charge in [0.15, 0.2) is 5.11 Å². The van der Waals surface area contributed by atoms with Gasteiger partial charge in [0, 0.05) is 16.9 Å². The summed E-state index contributed by atoms with van der Waals surface area (Å²) in [6.45, 7) is 5.75. The van der Waals surface area contributed by atoms with Gasteiger partial charge in [0.05, 0.1) is 11.6 Å². The fourth-order valence-corrected chi connectivity index (χ4v) is 4.51. The minimum atomic E-state index is -0.282. The van der Waals surface area contributed by atoms with E-state index in [4.69, 9.17) is 21.7 Å². The highest BCUT2D eigenvalue weighted by molar-refractivity contribution is 7.80. The molecule has 0 fully saturated rings. The number of halogens is 1. The third kappa shape index (κ3) is 3.99. The van der Waals surface area contributed by atoms with Crippen LogP contribution in [-0.2, 0) is 0 Å². The molecule has 5 rings (SSSR count). The van der Waals surface area contributed by atoms with Gasteiger partial charge in [-0.15, -0.1) is 0 Å². The van der Waals surface area contributed by atoms with E-state index in [1.807, 2.05) is 49.1 Å². The topological polar surface area (TPSA) is 54.2 Å². The summed E-state index contributed by atoms with van der Waals surface area (Å²) in [5.41, 5.74) is 6.01. The molecule has 5 nitrogen and oxygen atoms in total. The van der Waals surface area contributed by atoms with Gasteiger partial charge in [0.25, 0.3) is 5.89 Å². The highest BCUT2D eigenvalue weighted by Crippen LogP contribution is 2.39. The van der Waals surface area contributed by atoms with Crippen LogP contribution in [0.2, 0.25) is 0 Å². The lowest BCUT2D eigenvalue weighted by Gasteiger charge is -2.37. The second kappa shape index (κ2) is 8.83. The summed E-state index contributed by atoms with van der Waals surface area (Å²) >= 11 is 5.77. The predicted molar refractivity (Wildman–Crippen MR) is 136 cm³/mol. The molecule has 1 aliphatic rings.